The molecule has 0 radical (unpaired) electrons. The molecule has 0 atom stereocenters. The lowest BCUT2D eigenvalue weighted by molar-refractivity contribution is 0.602. The van der Waals surface area contributed by atoms with Crippen LogP contribution in [-0.2, 0) is 19.5 Å². The quantitative estimate of drug-likeness (QED) is 0.748. The molecular formula is C21H24N2. The highest BCUT2D eigenvalue weighted by Crippen LogP contribution is 2.30. The van der Waals surface area contributed by atoms with Gasteiger partial charge >= 0.3 is 0 Å². The Bertz CT molecular complexity index is 886. The fourth-order valence-electron chi connectivity index (χ4n) is 3.76. The number of aromatic nitrogens is 1. The molecule has 1 aromatic heterocycles. The molecule has 0 aliphatic carbocycles. The first-order valence-corrected chi connectivity index (χ1v) is 8.51. The van der Waals surface area contributed by atoms with E-state index >= 15 is 0 Å². The van der Waals surface area contributed by atoms with Crippen LogP contribution in [0.1, 0.15) is 33.5 Å². The van der Waals surface area contributed by atoms with Gasteiger partial charge in [-0.2, -0.15) is 0 Å². The van der Waals surface area contributed by atoms with E-state index in [2.05, 4.69) is 67.1 Å². The maximum absolute atomic E-state index is 3.54. The lowest BCUT2D eigenvalue weighted by atomic mass is 10.0. The van der Waals surface area contributed by atoms with Crippen LogP contribution >= 0.6 is 0 Å². The second kappa shape index (κ2) is 5.54. The molecule has 4 rings (SSSR count). The topological polar surface area (TPSA) is 17.0 Å². The zero-order valence-electron chi connectivity index (χ0n) is 14.2. The van der Waals surface area contributed by atoms with Gasteiger partial charge in [0, 0.05) is 29.7 Å². The molecule has 2 heteroatoms. The summed E-state index contributed by atoms with van der Waals surface area (Å²) in [6, 6.07) is 13.7. The number of hydrogen-bond acceptors (Lipinski definition) is 1. The van der Waals surface area contributed by atoms with Crippen molar-refractivity contribution < 1.29 is 0 Å². The Morgan fingerprint density at radius 3 is 2.70 bits per heavy atom. The molecule has 0 fully saturated rings. The van der Waals surface area contributed by atoms with E-state index < -0.39 is 0 Å². The van der Waals surface area contributed by atoms with Crippen molar-refractivity contribution in [3.8, 4) is 0 Å². The second-order valence-electron chi connectivity index (χ2n) is 6.88. The van der Waals surface area contributed by atoms with E-state index in [9.17, 15) is 0 Å². The van der Waals surface area contributed by atoms with Crippen molar-refractivity contribution in [3.05, 3.63) is 69.9 Å². The number of hydrogen-bond donors (Lipinski definition) is 1. The summed E-state index contributed by atoms with van der Waals surface area (Å²) in [5.41, 5.74) is 9.87. The van der Waals surface area contributed by atoms with E-state index in [-0.39, 0.29) is 0 Å². The minimum Gasteiger partial charge on any atom is -0.339 e. The van der Waals surface area contributed by atoms with E-state index in [1.54, 1.807) is 5.56 Å². The minimum atomic E-state index is 0.956. The van der Waals surface area contributed by atoms with Gasteiger partial charge in [0.15, 0.2) is 0 Å². The third kappa shape index (κ3) is 2.47. The maximum Gasteiger partial charge on any atom is 0.0489 e. The monoisotopic (exact) mass is 304 g/mol. The largest absolute Gasteiger partial charge is 0.339 e. The van der Waals surface area contributed by atoms with Crippen molar-refractivity contribution in [2.24, 2.45) is 0 Å². The van der Waals surface area contributed by atoms with Crippen LogP contribution in [-0.4, -0.2) is 11.1 Å². The molecule has 0 spiro atoms. The van der Waals surface area contributed by atoms with Crippen LogP contribution in [0.2, 0.25) is 0 Å². The number of fused-ring (bicyclic) bond motifs is 3. The van der Waals surface area contributed by atoms with Gasteiger partial charge in [-0.1, -0.05) is 29.8 Å². The van der Waals surface area contributed by atoms with Crippen LogP contribution < -0.4 is 5.32 Å². The van der Waals surface area contributed by atoms with Crippen LogP contribution in [0.4, 0.5) is 0 Å². The van der Waals surface area contributed by atoms with Gasteiger partial charge < -0.3 is 9.88 Å². The van der Waals surface area contributed by atoms with Crippen LogP contribution in [0.5, 0.6) is 0 Å². The lowest BCUT2D eigenvalue weighted by Crippen LogP contribution is -2.25. The maximum atomic E-state index is 3.54. The lowest BCUT2D eigenvalue weighted by Gasteiger charge is -2.17. The van der Waals surface area contributed by atoms with E-state index in [1.807, 2.05) is 0 Å². The first kappa shape index (κ1) is 14.5. The molecule has 1 N–H and O–H groups in total. The van der Waals surface area contributed by atoms with Crippen molar-refractivity contribution in [3.63, 3.8) is 0 Å². The molecular weight excluding hydrogens is 280 g/mol. The van der Waals surface area contributed by atoms with Crippen molar-refractivity contribution in [1.29, 1.82) is 0 Å². The van der Waals surface area contributed by atoms with Crippen molar-refractivity contribution in [2.75, 3.05) is 6.54 Å². The van der Waals surface area contributed by atoms with Crippen LogP contribution in [0.3, 0.4) is 0 Å². The fourth-order valence-corrected chi connectivity index (χ4v) is 3.76. The summed E-state index contributed by atoms with van der Waals surface area (Å²) in [6.45, 7) is 9.59. The summed E-state index contributed by atoms with van der Waals surface area (Å²) in [7, 11) is 0. The zero-order chi connectivity index (χ0) is 16.0. The van der Waals surface area contributed by atoms with Crippen molar-refractivity contribution >= 4 is 10.9 Å². The Morgan fingerprint density at radius 1 is 1.00 bits per heavy atom. The molecule has 1 aliphatic heterocycles. The number of aryl methyl sites for hydroxylation is 3. The van der Waals surface area contributed by atoms with Gasteiger partial charge in [0.2, 0.25) is 0 Å². The molecule has 2 aromatic carbocycles. The highest BCUT2D eigenvalue weighted by Gasteiger charge is 2.19. The first-order chi connectivity index (χ1) is 11.1. The summed E-state index contributed by atoms with van der Waals surface area (Å²) < 4.78 is 2.51. The SMILES string of the molecule is Cc1ccc2c(c1)c1c(n2Cc2ccc(C)c(C)c2)CNCC1. The molecule has 0 saturated heterocycles. The molecule has 2 heterocycles. The van der Waals surface area contributed by atoms with Gasteiger partial charge in [0.05, 0.1) is 0 Å². The summed E-state index contributed by atoms with van der Waals surface area (Å²) in [5, 5.41) is 4.99. The van der Waals surface area contributed by atoms with Crippen molar-refractivity contribution in [1.82, 2.24) is 9.88 Å². The predicted molar refractivity (Wildman–Crippen MR) is 97.1 cm³/mol. The summed E-state index contributed by atoms with van der Waals surface area (Å²) in [5.74, 6) is 0. The fraction of sp³-hybridized carbons (Fsp3) is 0.333. The van der Waals surface area contributed by atoms with Crippen LogP contribution in [0, 0.1) is 20.8 Å². The van der Waals surface area contributed by atoms with Gasteiger partial charge in [0.1, 0.15) is 0 Å². The molecule has 2 nitrogen and oxygen atoms in total. The van der Waals surface area contributed by atoms with E-state index in [4.69, 9.17) is 0 Å². The van der Waals surface area contributed by atoms with Gasteiger partial charge in [-0.3, -0.25) is 0 Å². The molecule has 118 valence electrons. The third-order valence-corrected chi connectivity index (χ3v) is 5.20. The zero-order valence-corrected chi connectivity index (χ0v) is 14.2. The Labute approximate surface area is 138 Å². The van der Waals surface area contributed by atoms with E-state index in [0.717, 1.165) is 26.1 Å². The summed E-state index contributed by atoms with van der Waals surface area (Å²) in [4.78, 5) is 0. The Morgan fingerprint density at radius 2 is 1.87 bits per heavy atom. The predicted octanol–water partition coefficient (Wildman–Crippen LogP) is 4.26. The molecule has 23 heavy (non-hydrogen) atoms. The highest BCUT2D eigenvalue weighted by molar-refractivity contribution is 5.86. The first-order valence-electron chi connectivity index (χ1n) is 8.51. The molecule has 1 aliphatic rings. The Hall–Kier alpha value is -2.06. The normalized spacial score (nSPS) is 14.2. The minimum absolute atomic E-state index is 0.956. The van der Waals surface area contributed by atoms with E-state index in [0.29, 0.717) is 0 Å². The number of nitrogens with zero attached hydrogens (tertiary/aromatic N) is 1. The van der Waals surface area contributed by atoms with E-state index in [1.165, 1.54) is 38.9 Å². The van der Waals surface area contributed by atoms with Gasteiger partial charge in [-0.15, -0.1) is 0 Å². The average molecular weight is 304 g/mol. The van der Waals surface area contributed by atoms with Crippen molar-refractivity contribution in [2.45, 2.75) is 40.3 Å². The standard InChI is InChI=1S/C21H24N2/c1-14-4-7-20-19(10-14)18-8-9-22-12-21(18)23(20)13-17-6-5-15(2)16(3)11-17/h4-7,10-11,22H,8-9,12-13H2,1-3H3. The third-order valence-electron chi connectivity index (χ3n) is 5.20. The van der Waals surface area contributed by atoms with Crippen LogP contribution in [0.15, 0.2) is 36.4 Å². The number of rotatable bonds is 2. The highest BCUT2D eigenvalue weighted by atomic mass is 15.0. The van der Waals surface area contributed by atoms with Gasteiger partial charge in [0.25, 0.3) is 0 Å². The Balaban J connectivity index is 1.87. The molecule has 3 aromatic rings. The second-order valence-corrected chi connectivity index (χ2v) is 6.88. The molecule has 0 saturated carbocycles. The smallest absolute Gasteiger partial charge is 0.0489 e. The van der Waals surface area contributed by atoms with Crippen LogP contribution in [0.25, 0.3) is 10.9 Å². The Kier molecular flexibility index (Phi) is 3.50. The molecule has 0 amide bonds. The molecule has 0 bridgehead atoms. The molecule has 0 unspecified atom stereocenters. The summed E-state index contributed by atoms with van der Waals surface area (Å²) >= 11 is 0. The average Bonchev–Trinajstić information content (AvgIpc) is 2.85. The number of benzene rings is 2. The van der Waals surface area contributed by atoms with Gasteiger partial charge in [-0.25, -0.2) is 0 Å². The number of nitrogens with one attached hydrogen (secondary N) is 1. The van der Waals surface area contributed by atoms with Gasteiger partial charge in [-0.05, 0) is 68.1 Å². The summed E-state index contributed by atoms with van der Waals surface area (Å²) in [6.07, 6.45) is 1.13.